The number of ketones is 1. The molecule has 1 aromatic heterocycles. The number of phenolic OH excluding ortho intramolecular Hbond substituents is 1. The number of Topliss-reactive ketones (excluding diaryl/α,β-unsaturated/α-hetero) is 1. The molecule has 1 saturated carbocycles. The third kappa shape index (κ3) is 4.58. The zero-order valence-electron chi connectivity index (χ0n) is 20.8. The Morgan fingerprint density at radius 3 is 2.33 bits per heavy atom. The van der Waals surface area contributed by atoms with Gasteiger partial charge in [-0.25, -0.2) is 0 Å². The molecule has 1 aliphatic carbocycles. The largest absolute Gasteiger partial charge is 0.506 e. The van der Waals surface area contributed by atoms with E-state index in [1.54, 1.807) is 18.3 Å². The molecule has 1 N–H and O–H groups in total. The Morgan fingerprint density at radius 1 is 0.944 bits per heavy atom. The first kappa shape index (κ1) is 23.7. The van der Waals surface area contributed by atoms with Gasteiger partial charge in [-0.2, -0.15) is 0 Å². The highest BCUT2D eigenvalue weighted by atomic mass is 35.5. The lowest BCUT2D eigenvalue weighted by molar-refractivity contribution is 0.0966. The lowest BCUT2D eigenvalue weighted by Crippen LogP contribution is -2.53. The number of fused-ring (bicyclic) bond motifs is 1. The van der Waals surface area contributed by atoms with Gasteiger partial charge in [-0.05, 0) is 81.2 Å². The van der Waals surface area contributed by atoms with Crippen LogP contribution >= 0.6 is 11.6 Å². The van der Waals surface area contributed by atoms with Gasteiger partial charge in [-0.1, -0.05) is 23.7 Å². The fourth-order valence-electron chi connectivity index (χ4n) is 5.80. The molecule has 2 aromatic carbocycles. The van der Waals surface area contributed by atoms with Crippen LogP contribution in [0.3, 0.4) is 0 Å². The number of carbonyl (C=O) groups excluding carboxylic acids is 1. The molecule has 6 rings (SSSR count). The molecule has 0 unspecified atom stereocenters. The lowest BCUT2D eigenvalue weighted by atomic mass is 9.97. The van der Waals surface area contributed by atoms with E-state index >= 15 is 0 Å². The van der Waals surface area contributed by atoms with Crippen LogP contribution in [0.25, 0.3) is 22.0 Å². The highest BCUT2D eigenvalue weighted by Crippen LogP contribution is 2.40. The first-order valence-electron chi connectivity index (χ1n) is 13.1. The minimum atomic E-state index is 0.0726. The summed E-state index contributed by atoms with van der Waals surface area (Å²) in [4.78, 5) is 25.6. The van der Waals surface area contributed by atoms with Gasteiger partial charge in [-0.15, -0.1) is 0 Å². The number of hydrogen-bond donors (Lipinski definition) is 1. The van der Waals surface area contributed by atoms with Crippen LogP contribution in [0.15, 0.2) is 42.6 Å². The Morgan fingerprint density at radius 2 is 1.64 bits per heavy atom. The molecule has 3 aromatic rings. The van der Waals surface area contributed by atoms with Crippen molar-refractivity contribution in [2.45, 2.75) is 31.7 Å². The SMILES string of the molecule is CN1CCC(N2CCN(c3c(C(=O)C4CC4)cnc4ccc(-c5ccc(O)c(Cl)c5)cc34)CC2)CC1. The van der Waals surface area contributed by atoms with Gasteiger partial charge in [0.2, 0.25) is 0 Å². The van der Waals surface area contributed by atoms with Crippen molar-refractivity contribution in [3.05, 3.63) is 53.2 Å². The summed E-state index contributed by atoms with van der Waals surface area (Å²) >= 11 is 6.21. The summed E-state index contributed by atoms with van der Waals surface area (Å²) in [5.41, 5.74) is 4.61. The average molecular weight is 505 g/mol. The molecular formula is C29H33ClN4O2. The fraction of sp³-hybridized carbons (Fsp3) is 0.448. The molecule has 3 aliphatic rings. The number of halogens is 1. The molecule has 0 bridgehead atoms. The van der Waals surface area contributed by atoms with E-state index in [4.69, 9.17) is 16.6 Å². The van der Waals surface area contributed by atoms with Gasteiger partial charge in [0.05, 0.1) is 21.8 Å². The van der Waals surface area contributed by atoms with Gasteiger partial charge < -0.3 is 14.9 Å². The van der Waals surface area contributed by atoms with Crippen molar-refractivity contribution < 1.29 is 9.90 Å². The molecule has 36 heavy (non-hydrogen) atoms. The van der Waals surface area contributed by atoms with Crippen LogP contribution in [-0.2, 0) is 0 Å². The third-order valence-electron chi connectivity index (χ3n) is 8.17. The molecule has 0 spiro atoms. The molecule has 2 saturated heterocycles. The molecule has 6 nitrogen and oxygen atoms in total. The quantitative estimate of drug-likeness (QED) is 0.489. The van der Waals surface area contributed by atoms with E-state index in [9.17, 15) is 9.90 Å². The van der Waals surface area contributed by atoms with Crippen LogP contribution in [0.2, 0.25) is 5.02 Å². The van der Waals surface area contributed by atoms with Crippen molar-refractivity contribution in [2.75, 3.05) is 51.2 Å². The lowest BCUT2D eigenvalue weighted by Gasteiger charge is -2.43. The Bertz CT molecular complexity index is 1290. The van der Waals surface area contributed by atoms with Gasteiger partial charge in [0.15, 0.2) is 5.78 Å². The number of piperidine rings is 1. The Hall–Kier alpha value is -2.67. The highest BCUT2D eigenvalue weighted by Gasteiger charge is 2.35. The summed E-state index contributed by atoms with van der Waals surface area (Å²) in [6.45, 7) is 6.19. The number of nitrogens with zero attached hydrogens (tertiary/aromatic N) is 4. The molecule has 3 fully saturated rings. The molecule has 0 amide bonds. The zero-order chi connectivity index (χ0) is 24.8. The summed E-state index contributed by atoms with van der Waals surface area (Å²) in [5, 5.41) is 11.2. The summed E-state index contributed by atoms with van der Waals surface area (Å²) in [7, 11) is 2.21. The van der Waals surface area contributed by atoms with Crippen molar-refractivity contribution in [3.63, 3.8) is 0 Å². The van der Waals surface area contributed by atoms with Crippen molar-refractivity contribution >= 4 is 34.0 Å². The maximum absolute atomic E-state index is 13.4. The minimum Gasteiger partial charge on any atom is -0.506 e. The number of aromatic hydroxyl groups is 1. The number of pyridine rings is 1. The van der Waals surface area contributed by atoms with Gasteiger partial charge in [0, 0.05) is 49.7 Å². The molecule has 2 aliphatic heterocycles. The molecule has 7 heteroatoms. The highest BCUT2D eigenvalue weighted by molar-refractivity contribution is 6.32. The smallest absolute Gasteiger partial charge is 0.169 e. The van der Waals surface area contributed by atoms with E-state index in [-0.39, 0.29) is 17.5 Å². The van der Waals surface area contributed by atoms with Crippen molar-refractivity contribution in [1.82, 2.24) is 14.8 Å². The standard InChI is InChI=1S/C29H33ClN4O2/c1-32-10-8-22(9-11-32)33-12-14-34(15-13-33)28-23-16-20(21-5-7-27(35)25(30)17-21)4-6-26(23)31-18-24(28)29(36)19-2-3-19/h4-7,16-19,22,35H,2-3,8-15H2,1H3. The monoisotopic (exact) mass is 504 g/mol. The van der Waals surface area contributed by atoms with Gasteiger partial charge >= 0.3 is 0 Å². The number of piperazine rings is 1. The summed E-state index contributed by atoms with van der Waals surface area (Å²) in [6.07, 6.45) is 6.23. The van der Waals surface area contributed by atoms with Crippen LogP contribution in [0.5, 0.6) is 5.75 Å². The Labute approximate surface area is 217 Å². The van der Waals surface area contributed by atoms with Crippen LogP contribution < -0.4 is 4.90 Å². The number of rotatable bonds is 5. The van der Waals surface area contributed by atoms with E-state index in [1.165, 1.54) is 25.9 Å². The number of benzene rings is 2. The van der Waals surface area contributed by atoms with Crippen LogP contribution in [0.1, 0.15) is 36.0 Å². The maximum Gasteiger partial charge on any atom is 0.169 e. The van der Waals surface area contributed by atoms with Gasteiger partial charge in [0.25, 0.3) is 0 Å². The van der Waals surface area contributed by atoms with E-state index < -0.39 is 0 Å². The topological polar surface area (TPSA) is 59.9 Å². The number of aromatic nitrogens is 1. The van der Waals surface area contributed by atoms with Gasteiger partial charge in [-0.3, -0.25) is 14.7 Å². The second-order valence-corrected chi connectivity index (χ2v) is 11.0. The first-order chi connectivity index (χ1) is 17.5. The Balaban J connectivity index is 1.36. The predicted molar refractivity (Wildman–Crippen MR) is 145 cm³/mol. The molecule has 0 atom stereocenters. The molecule has 188 valence electrons. The van der Waals surface area contributed by atoms with E-state index in [0.717, 1.165) is 72.3 Å². The molecular weight excluding hydrogens is 472 g/mol. The second-order valence-electron chi connectivity index (χ2n) is 10.6. The summed E-state index contributed by atoms with van der Waals surface area (Å²) in [6, 6.07) is 12.1. The summed E-state index contributed by atoms with van der Waals surface area (Å²) < 4.78 is 0. The van der Waals surface area contributed by atoms with Crippen LogP contribution in [0.4, 0.5) is 5.69 Å². The second kappa shape index (κ2) is 9.66. The number of anilines is 1. The van der Waals surface area contributed by atoms with Crippen molar-refractivity contribution in [1.29, 1.82) is 0 Å². The number of carbonyl (C=O) groups is 1. The number of likely N-dealkylation sites (tertiary alicyclic amines) is 1. The van der Waals surface area contributed by atoms with E-state index in [2.05, 4.69) is 27.8 Å². The third-order valence-corrected chi connectivity index (χ3v) is 8.47. The van der Waals surface area contributed by atoms with Crippen molar-refractivity contribution in [3.8, 4) is 16.9 Å². The van der Waals surface area contributed by atoms with Crippen molar-refractivity contribution in [2.24, 2.45) is 5.92 Å². The fourth-order valence-corrected chi connectivity index (χ4v) is 5.98. The normalized spacial score (nSPS) is 20.2. The Kier molecular flexibility index (Phi) is 6.36. The molecule has 0 radical (unpaired) electrons. The van der Waals surface area contributed by atoms with E-state index in [0.29, 0.717) is 11.1 Å². The first-order valence-corrected chi connectivity index (χ1v) is 13.5. The van der Waals surface area contributed by atoms with Gasteiger partial charge in [0.1, 0.15) is 5.75 Å². The number of hydrogen-bond acceptors (Lipinski definition) is 6. The van der Waals surface area contributed by atoms with Crippen LogP contribution in [0, 0.1) is 5.92 Å². The predicted octanol–water partition coefficient (Wildman–Crippen LogP) is 5.07. The van der Waals surface area contributed by atoms with E-state index in [1.807, 2.05) is 18.2 Å². The molecule has 3 heterocycles. The minimum absolute atomic E-state index is 0.0726. The van der Waals surface area contributed by atoms with Crippen LogP contribution in [-0.4, -0.2) is 78.0 Å². The zero-order valence-corrected chi connectivity index (χ0v) is 21.5. The average Bonchev–Trinajstić information content (AvgIpc) is 3.75. The maximum atomic E-state index is 13.4. The number of phenols is 1. The summed E-state index contributed by atoms with van der Waals surface area (Å²) in [5.74, 6) is 0.446.